The van der Waals surface area contributed by atoms with Gasteiger partial charge in [-0.15, -0.1) is 0 Å². The van der Waals surface area contributed by atoms with E-state index in [1.165, 1.54) is 0 Å². The van der Waals surface area contributed by atoms with Crippen LogP contribution in [0.2, 0.25) is 0 Å². The highest BCUT2D eigenvalue weighted by Crippen LogP contribution is 2.07. The van der Waals surface area contributed by atoms with Crippen LogP contribution >= 0.6 is 0 Å². The summed E-state index contributed by atoms with van der Waals surface area (Å²) in [5, 5.41) is 12.0. The fraction of sp³-hybridized carbons (Fsp3) is 0.417. The van der Waals surface area contributed by atoms with Crippen molar-refractivity contribution in [2.24, 2.45) is 0 Å². The highest BCUT2D eigenvalue weighted by atomic mass is 16.3. The third kappa shape index (κ3) is 3.90. The van der Waals surface area contributed by atoms with Crippen LogP contribution < -0.4 is 11.1 Å². The van der Waals surface area contributed by atoms with Crippen LogP contribution in [0.1, 0.15) is 30.6 Å². The minimum absolute atomic E-state index is 0.0612. The van der Waals surface area contributed by atoms with Crippen LogP contribution in [0.3, 0.4) is 0 Å². The molecule has 0 saturated heterocycles. The summed E-state index contributed by atoms with van der Waals surface area (Å²) < 4.78 is 0. The molecule has 16 heavy (non-hydrogen) atoms. The van der Waals surface area contributed by atoms with E-state index < -0.39 is 6.10 Å². The third-order valence-corrected chi connectivity index (χ3v) is 2.22. The highest BCUT2D eigenvalue weighted by Gasteiger charge is 2.11. The number of nitrogen functional groups attached to an aromatic ring is 1. The van der Waals surface area contributed by atoms with Gasteiger partial charge in [-0.05, 0) is 38.5 Å². The molecule has 4 N–H and O–H groups in total. The van der Waals surface area contributed by atoms with Crippen LogP contribution in [0.5, 0.6) is 0 Å². The fourth-order valence-corrected chi connectivity index (χ4v) is 1.56. The van der Waals surface area contributed by atoms with E-state index in [2.05, 4.69) is 5.32 Å². The van der Waals surface area contributed by atoms with Gasteiger partial charge in [0.15, 0.2) is 0 Å². The van der Waals surface area contributed by atoms with Crippen molar-refractivity contribution in [3.8, 4) is 0 Å². The molecule has 88 valence electrons. The second-order valence-corrected chi connectivity index (χ2v) is 4.08. The lowest BCUT2D eigenvalue weighted by Gasteiger charge is -2.15. The van der Waals surface area contributed by atoms with E-state index in [1.807, 2.05) is 6.92 Å². The van der Waals surface area contributed by atoms with Gasteiger partial charge < -0.3 is 16.2 Å². The topological polar surface area (TPSA) is 75.3 Å². The molecule has 0 heterocycles. The van der Waals surface area contributed by atoms with Gasteiger partial charge >= 0.3 is 0 Å². The summed E-state index contributed by atoms with van der Waals surface area (Å²) in [7, 11) is 0. The van der Waals surface area contributed by atoms with Crippen LogP contribution in [0.15, 0.2) is 24.3 Å². The van der Waals surface area contributed by atoms with Gasteiger partial charge in [0.1, 0.15) is 0 Å². The molecule has 1 rings (SSSR count). The SMILES string of the molecule is CC(O)CC(C)NC(=O)c1cccc(N)c1. The molecule has 4 nitrogen and oxygen atoms in total. The van der Waals surface area contributed by atoms with E-state index in [-0.39, 0.29) is 11.9 Å². The Kier molecular flexibility index (Phi) is 4.31. The summed E-state index contributed by atoms with van der Waals surface area (Å²) in [6.45, 7) is 3.56. The predicted octanol–water partition coefficient (Wildman–Crippen LogP) is 1.16. The van der Waals surface area contributed by atoms with E-state index in [9.17, 15) is 9.90 Å². The van der Waals surface area contributed by atoms with Crippen LogP contribution in [-0.4, -0.2) is 23.2 Å². The smallest absolute Gasteiger partial charge is 0.251 e. The molecule has 4 heteroatoms. The molecule has 2 atom stereocenters. The van der Waals surface area contributed by atoms with Crippen molar-refractivity contribution in [2.45, 2.75) is 32.4 Å². The maximum atomic E-state index is 11.7. The molecular formula is C12H18N2O2. The number of hydrogen-bond donors (Lipinski definition) is 3. The Balaban J connectivity index is 2.59. The van der Waals surface area contributed by atoms with E-state index in [0.717, 1.165) is 0 Å². The maximum absolute atomic E-state index is 11.7. The number of anilines is 1. The van der Waals surface area contributed by atoms with Crippen LogP contribution in [0, 0.1) is 0 Å². The lowest BCUT2D eigenvalue weighted by Crippen LogP contribution is -2.34. The second-order valence-electron chi connectivity index (χ2n) is 4.08. The van der Waals surface area contributed by atoms with Crippen molar-refractivity contribution in [3.05, 3.63) is 29.8 Å². The number of nitrogens with one attached hydrogen (secondary N) is 1. The van der Waals surface area contributed by atoms with Gasteiger partial charge in [-0.25, -0.2) is 0 Å². The molecule has 0 saturated carbocycles. The van der Waals surface area contributed by atoms with E-state index in [0.29, 0.717) is 17.7 Å². The summed E-state index contributed by atoms with van der Waals surface area (Å²) in [5.74, 6) is -0.166. The first-order chi connectivity index (χ1) is 7.49. The third-order valence-electron chi connectivity index (χ3n) is 2.22. The molecule has 0 bridgehead atoms. The van der Waals surface area contributed by atoms with E-state index in [4.69, 9.17) is 5.73 Å². The normalized spacial score (nSPS) is 14.2. The van der Waals surface area contributed by atoms with E-state index >= 15 is 0 Å². The number of carbonyl (C=O) groups is 1. The van der Waals surface area contributed by atoms with Crippen molar-refractivity contribution in [1.29, 1.82) is 0 Å². The first-order valence-corrected chi connectivity index (χ1v) is 5.33. The summed E-state index contributed by atoms with van der Waals surface area (Å²) in [4.78, 5) is 11.7. The van der Waals surface area contributed by atoms with Gasteiger partial charge in [-0.3, -0.25) is 4.79 Å². The zero-order valence-electron chi connectivity index (χ0n) is 9.60. The van der Waals surface area contributed by atoms with Crippen molar-refractivity contribution in [2.75, 3.05) is 5.73 Å². The van der Waals surface area contributed by atoms with Crippen molar-refractivity contribution in [3.63, 3.8) is 0 Å². The van der Waals surface area contributed by atoms with Crippen LogP contribution in [-0.2, 0) is 0 Å². The average molecular weight is 222 g/mol. The first kappa shape index (κ1) is 12.5. The van der Waals surface area contributed by atoms with E-state index in [1.54, 1.807) is 31.2 Å². The quantitative estimate of drug-likeness (QED) is 0.669. The molecular weight excluding hydrogens is 204 g/mol. The summed E-state index contributed by atoms with van der Waals surface area (Å²) in [5.41, 5.74) is 6.69. The number of aliphatic hydroxyl groups excluding tert-OH is 1. The molecule has 0 aliphatic rings. The number of aliphatic hydroxyl groups is 1. The highest BCUT2D eigenvalue weighted by molar-refractivity contribution is 5.95. The Morgan fingerprint density at radius 2 is 2.19 bits per heavy atom. The minimum Gasteiger partial charge on any atom is -0.399 e. The molecule has 0 aliphatic carbocycles. The van der Waals surface area contributed by atoms with Gasteiger partial charge in [-0.2, -0.15) is 0 Å². The van der Waals surface area contributed by atoms with Crippen molar-refractivity contribution >= 4 is 11.6 Å². The molecule has 0 radical (unpaired) electrons. The summed E-state index contributed by atoms with van der Waals surface area (Å²) >= 11 is 0. The summed E-state index contributed by atoms with van der Waals surface area (Å²) in [6, 6.07) is 6.75. The lowest BCUT2D eigenvalue weighted by atomic mass is 10.1. The van der Waals surface area contributed by atoms with Crippen molar-refractivity contribution < 1.29 is 9.90 Å². The van der Waals surface area contributed by atoms with Gasteiger partial charge in [0.25, 0.3) is 5.91 Å². The summed E-state index contributed by atoms with van der Waals surface area (Å²) in [6.07, 6.45) is 0.116. The predicted molar refractivity (Wildman–Crippen MR) is 64.1 cm³/mol. The number of rotatable bonds is 4. The standard InChI is InChI=1S/C12H18N2O2/c1-8(6-9(2)15)14-12(16)10-4-3-5-11(13)7-10/h3-5,7-9,15H,6,13H2,1-2H3,(H,14,16). The van der Waals surface area contributed by atoms with Gasteiger partial charge in [0.2, 0.25) is 0 Å². The van der Waals surface area contributed by atoms with Crippen LogP contribution in [0.25, 0.3) is 0 Å². The Labute approximate surface area is 95.5 Å². The largest absolute Gasteiger partial charge is 0.399 e. The zero-order valence-corrected chi connectivity index (χ0v) is 9.60. The zero-order chi connectivity index (χ0) is 12.1. The van der Waals surface area contributed by atoms with Gasteiger partial charge in [0, 0.05) is 17.3 Å². The molecule has 1 aromatic rings. The Hall–Kier alpha value is -1.55. The maximum Gasteiger partial charge on any atom is 0.251 e. The van der Waals surface area contributed by atoms with Crippen molar-refractivity contribution in [1.82, 2.24) is 5.32 Å². The second kappa shape index (κ2) is 5.51. The average Bonchev–Trinajstić information content (AvgIpc) is 2.16. The van der Waals surface area contributed by atoms with Crippen LogP contribution in [0.4, 0.5) is 5.69 Å². The first-order valence-electron chi connectivity index (χ1n) is 5.33. The molecule has 0 aliphatic heterocycles. The number of nitrogens with two attached hydrogens (primary N) is 1. The molecule has 1 aromatic carbocycles. The lowest BCUT2D eigenvalue weighted by molar-refractivity contribution is 0.0923. The number of carbonyl (C=O) groups excluding carboxylic acids is 1. The fourth-order valence-electron chi connectivity index (χ4n) is 1.56. The van der Waals surface area contributed by atoms with Gasteiger partial charge in [-0.1, -0.05) is 6.07 Å². The number of amides is 1. The van der Waals surface area contributed by atoms with Gasteiger partial charge in [0.05, 0.1) is 6.10 Å². The Bertz CT molecular complexity index is 364. The molecule has 1 amide bonds. The molecule has 0 spiro atoms. The number of benzene rings is 1. The monoisotopic (exact) mass is 222 g/mol. The molecule has 0 aromatic heterocycles. The Morgan fingerprint density at radius 3 is 2.75 bits per heavy atom. The Morgan fingerprint density at radius 1 is 1.50 bits per heavy atom. The minimum atomic E-state index is -0.420. The molecule has 2 unspecified atom stereocenters. The number of hydrogen-bond acceptors (Lipinski definition) is 3. The molecule has 0 fully saturated rings.